The standard InChI is InChI=1S/C28H30O10S2/c1-18-11-7-9-15-22(18)39(29,30)37-25-24-21(17-34-27(36-24)20-13-5-4-6-14-20)35-28(33-3)26(25)38-40(31,32)23-16-10-8-12-19(23)2/h4-16,21,24-28H,17H2,1-3H3/t21-,24+,25+,26-,27?,28+/m1/s1. The molecule has 3 aromatic rings. The molecule has 0 spiro atoms. The lowest BCUT2D eigenvalue weighted by atomic mass is 9.98. The molecule has 214 valence electrons. The molecule has 5 rings (SSSR count). The van der Waals surface area contributed by atoms with Gasteiger partial charge in [-0.15, -0.1) is 0 Å². The summed E-state index contributed by atoms with van der Waals surface area (Å²) in [6.07, 6.45) is -7.18. The van der Waals surface area contributed by atoms with Gasteiger partial charge in [-0.3, -0.25) is 8.37 Å². The summed E-state index contributed by atoms with van der Waals surface area (Å²) in [4.78, 5) is -0.151. The van der Waals surface area contributed by atoms with E-state index in [1.54, 1.807) is 62.4 Å². The third kappa shape index (κ3) is 5.85. The Kier molecular flexibility index (Phi) is 8.41. The first-order valence-corrected chi connectivity index (χ1v) is 15.4. The highest BCUT2D eigenvalue weighted by atomic mass is 32.2. The molecule has 2 aliphatic rings. The number of rotatable bonds is 8. The number of aryl methyl sites for hydroxylation is 2. The zero-order chi connectivity index (χ0) is 28.5. The van der Waals surface area contributed by atoms with Gasteiger partial charge in [0, 0.05) is 12.7 Å². The quantitative estimate of drug-likeness (QED) is 0.359. The lowest BCUT2D eigenvalue weighted by molar-refractivity contribution is -0.351. The molecule has 3 aromatic carbocycles. The Morgan fingerprint density at radius 2 is 1.23 bits per heavy atom. The smallest absolute Gasteiger partial charge is 0.297 e. The molecule has 12 heteroatoms. The number of hydrogen-bond acceptors (Lipinski definition) is 10. The molecule has 0 saturated carbocycles. The van der Waals surface area contributed by atoms with Crippen LogP contribution in [0.2, 0.25) is 0 Å². The van der Waals surface area contributed by atoms with Crippen molar-refractivity contribution in [2.24, 2.45) is 0 Å². The summed E-state index contributed by atoms with van der Waals surface area (Å²) in [5.41, 5.74) is 1.58. The summed E-state index contributed by atoms with van der Waals surface area (Å²) in [5.74, 6) is 0. The largest absolute Gasteiger partial charge is 0.353 e. The van der Waals surface area contributed by atoms with Crippen LogP contribution < -0.4 is 0 Å². The van der Waals surface area contributed by atoms with E-state index in [1.165, 1.54) is 19.2 Å². The molecule has 0 aromatic heterocycles. The van der Waals surface area contributed by atoms with Crippen molar-refractivity contribution in [1.29, 1.82) is 0 Å². The third-order valence-corrected chi connectivity index (χ3v) is 9.73. The van der Waals surface area contributed by atoms with Gasteiger partial charge in [0.05, 0.1) is 16.4 Å². The predicted octanol–water partition coefficient (Wildman–Crippen LogP) is 3.64. The van der Waals surface area contributed by atoms with Gasteiger partial charge in [0.1, 0.15) is 18.3 Å². The molecule has 1 unspecified atom stereocenters. The fourth-order valence-electron chi connectivity index (χ4n) is 4.80. The van der Waals surface area contributed by atoms with Crippen LogP contribution in [-0.4, -0.2) is 61.3 Å². The highest BCUT2D eigenvalue weighted by Gasteiger charge is 2.55. The second-order valence-corrected chi connectivity index (χ2v) is 12.6. The summed E-state index contributed by atoms with van der Waals surface area (Å²) in [7, 11) is -7.55. The molecule has 0 N–H and O–H groups in total. The molecule has 10 nitrogen and oxygen atoms in total. The van der Waals surface area contributed by atoms with Gasteiger partial charge >= 0.3 is 0 Å². The van der Waals surface area contributed by atoms with Crippen LogP contribution in [0.25, 0.3) is 0 Å². The van der Waals surface area contributed by atoms with Crippen LogP contribution in [0.3, 0.4) is 0 Å². The topological polar surface area (TPSA) is 124 Å². The van der Waals surface area contributed by atoms with Gasteiger partial charge in [-0.2, -0.15) is 16.8 Å². The van der Waals surface area contributed by atoms with Crippen molar-refractivity contribution in [3.63, 3.8) is 0 Å². The average Bonchev–Trinajstić information content (AvgIpc) is 2.94. The summed E-state index contributed by atoms with van der Waals surface area (Å²) >= 11 is 0. The van der Waals surface area contributed by atoms with E-state index in [0.29, 0.717) is 16.7 Å². The molecule has 0 bridgehead atoms. The minimum Gasteiger partial charge on any atom is -0.353 e. The van der Waals surface area contributed by atoms with Crippen molar-refractivity contribution in [2.45, 2.75) is 60.6 Å². The predicted molar refractivity (Wildman–Crippen MR) is 142 cm³/mol. The van der Waals surface area contributed by atoms with E-state index in [-0.39, 0.29) is 16.4 Å². The first-order valence-electron chi connectivity index (χ1n) is 12.6. The third-order valence-electron chi connectivity index (χ3n) is 6.79. The fraction of sp³-hybridized carbons (Fsp3) is 0.357. The average molecular weight is 591 g/mol. The van der Waals surface area contributed by atoms with E-state index in [0.717, 1.165) is 0 Å². The summed E-state index contributed by atoms with van der Waals surface area (Å²) in [5, 5.41) is 0. The molecule has 0 amide bonds. The summed E-state index contributed by atoms with van der Waals surface area (Å²) in [6, 6.07) is 21.6. The highest BCUT2D eigenvalue weighted by Crippen LogP contribution is 2.39. The van der Waals surface area contributed by atoms with E-state index in [9.17, 15) is 16.8 Å². The zero-order valence-electron chi connectivity index (χ0n) is 22.1. The number of ether oxygens (including phenoxy) is 4. The van der Waals surface area contributed by atoms with Crippen LogP contribution in [0.5, 0.6) is 0 Å². The minimum atomic E-state index is -4.42. The molecular weight excluding hydrogens is 560 g/mol. The summed E-state index contributed by atoms with van der Waals surface area (Å²) in [6.45, 7) is 3.26. The van der Waals surface area contributed by atoms with Crippen LogP contribution in [0.4, 0.5) is 0 Å². The Labute approximate surface area is 234 Å². The van der Waals surface area contributed by atoms with Gasteiger partial charge in [0.15, 0.2) is 18.7 Å². The molecule has 2 aliphatic heterocycles. The van der Waals surface area contributed by atoms with Gasteiger partial charge < -0.3 is 18.9 Å². The van der Waals surface area contributed by atoms with Crippen molar-refractivity contribution >= 4 is 20.2 Å². The Morgan fingerprint density at radius 1 is 0.700 bits per heavy atom. The molecule has 6 atom stereocenters. The normalized spacial score (nSPS) is 27.2. The molecule has 2 saturated heterocycles. The van der Waals surface area contributed by atoms with E-state index >= 15 is 0 Å². The second kappa shape index (κ2) is 11.7. The van der Waals surface area contributed by atoms with Crippen LogP contribution in [0.1, 0.15) is 23.0 Å². The van der Waals surface area contributed by atoms with E-state index < -0.39 is 57.2 Å². The van der Waals surface area contributed by atoms with E-state index in [2.05, 4.69) is 0 Å². The molecule has 40 heavy (non-hydrogen) atoms. The maximum Gasteiger partial charge on any atom is 0.297 e. The van der Waals surface area contributed by atoms with Gasteiger partial charge in [-0.25, -0.2) is 0 Å². The molecular formula is C28H30O10S2. The number of fused-ring (bicyclic) bond motifs is 1. The van der Waals surface area contributed by atoms with Crippen LogP contribution in [0, 0.1) is 13.8 Å². The lowest BCUT2D eigenvalue weighted by Crippen LogP contribution is -2.64. The van der Waals surface area contributed by atoms with Crippen molar-refractivity contribution in [1.82, 2.24) is 0 Å². The van der Waals surface area contributed by atoms with Crippen molar-refractivity contribution in [3.05, 3.63) is 95.6 Å². The second-order valence-electron chi connectivity index (χ2n) is 9.52. The van der Waals surface area contributed by atoms with Crippen molar-refractivity contribution in [3.8, 4) is 0 Å². The van der Waals surface area contributed by atoms with Crippen molar-refractivity contribution in [2.75, 3.05) is 13.7 Å². The summed E-state index contributed by atoms with van der Waals surface area (Å²) < 4.78 is 89.1. The Hall–Kier alpha value is -2.68. The maximum atomic E-state index is 13.6. The first-order chi connectivity index (χ1) is 19.1. The zero-order valence-corrected chi connectivity index (χ0v) is 23.7. The van der Waals surface area contributed by atoms with Crippen LogP contribution in [-0.2, 0) is 47.5 Å². The molecule has 2 fully saturated rings. The fourth-order valence-corrected chi connectivity index (χ4v) is 7.43. The first kappa shape index (κ1) is 28.8. The van der Waals surface area contributed by atoms with E-state index in [4.69, 9.17) is 27.3 Å². The minimum absolute atomic E-state index is 0.00558. The van der Waals surface area contributed by atoms with Gasteiger partial charge in [0.2, 0.25) is 0 Å². The van der Waals surface area contributed by atoms with Gasteiger partial charge in [-0.05, 0) is 37.1 Å². The van der Waals surface area contributed by atoms with E-state index in [1.807, 2.05) is 18.2 Å². The Bertz CT molecular complexity index is 1540. The van der Waals surface area contributed by atoms with Crippen molar-refractivity contribution < 1.29 is 44.1 Å². The molecule has 0 aliphatic carbocycles. The molecule has 0 radical (unpaired) electrons. The monoisotopic (exact) mass is 590 g/mol. The van der Waals surface area contributed by atoms with Crippen LogP contribution >= 0.6 is 0 Å². The van der Waals surface area contributed by atoms with Gasteiger partial charge in [-0.1, -0.05) is 66.7 Å². The number of benzene rings is 3. The lowest BCUT2D eigenvalue weighted by Gasteiger charge is -2.47. The Balaban J connectivity index is 1.56. The Morgan fingerprint density at radius 3 is 1.77 bits per heavy atom. The maximum absolute atomic E-state index is 13.6. The SMILES string of the molecule is CO[C@H]1O[C@@H]2COC(c3ccccc3)O[C@@H]2[C@H](OS(=O)(=O)c2ccccc2C)[C@H]1OS(=O)(=O)c1ccccc1C. The highest BCUT2D eigenvalue weighted by molar-refractivity contribution is 7.87. The van der Waals surface area contributed by atoms with Crippen LogP contribution in [0.15, 0.2) is 88.7 Å². The number of methoxy groups -OCH3 is 1. The van der Waals surface area contributed by atoms with Gasteiger partial charge in [0.25, 0.3) is 20.2 Å². The molecule has 2 heterocycles. The number of hydrogen-bond donors (Lipinski definition) is 0.